The minimum atomic E-state index is -0.220. The second-order valence-electron chi connectivity index (χ2n) is 3.73. The number of nitrogens with two attached hydrogens (primary N) is 1. The quantitative estimate of drug-likeness (QED) is 0.587. The van der Waals surface area contributed by atoms with Gasteiger partial charge in [0.15, 0.2) is 0 Å². The van der Waals surface area contributed by atoms with Gasteiger partial charge in [0.25, 0.3) is 0 Å². The molecule has 1 saturated heterocycles. The van der Waals surface area contributed by atoms with Crippen LogP contribution in [0.25, 0.3) is 0 Å². The molecule has 0 spiro atoms. The largest absolute Gasteiger partial charge is 0.370 e. The van der Waals surface area contributed by atoms with Crippen LogP contribution in [0.1, 0.15) is 25.7 Å². The SMILES string of the molecule is NC(=O)CCCCNCC1CCOCO1. The minimum Gasteiger partial charge on any atom is -0.370 e. The first-order valence-electron chi connectivity index (χ1n) is 5.47. The van der Waals surface area contributed by atoms with Gasteiger partial charge in [0.2, 0.25) is 5.91 Å². The van der Waals surface area contributed by atoms with E-state index in [4.69, 9.17) is 15.2 Å². The average Bonchev–Trinajstić information content (AvgIpc) is 2.24. The first-order valence-corrected chi connectivity index (χ1v) is 5.47. The van der Waals surface area contributed by atoms with E-state index in [1.54, 1.807) is 0 Å². The predicted molar refractivity (Wildman–Crippen MR) is 56.2 cm³/mol. The van der Waals surface area contributed by atoms with Crippen molar-refractivity contribution in [3.05, 3.63) is 0 Å². The topological polar surface area (TPSA) is 73.6 Å². The third-order valence-corrected chi connectivity index (χ3v) is 2.37. The Morgan fingerprint density at radius 2 is 2.33 bits per heavy atom. The molecule has 15 heavy (non-hydrogen) atoms. The van der Waals surface area contributed by atoms with Crippen LogP contribution in [-0.4, -0.2) is 38.5 Å². The number of hydrogen-bond donors (Lipinski definition) is 2. The van der Waals surface area contributed by atoms with E-state index in [1.165, 1.54) is 0 Å². The van der Waals surface area contributed by atoms with Crippen LogP contribution in [0, 0.1) is 0 Å². The molecule has 1 atom stereocenters. The van der Waals surface area contributed by atoms with Gasteiger partial charge in [-0.2, -0.15) is 0 Å². The lowest BCUT2D eigenvalue weighted by Gasteiger charge is -2.22. The summed E-state index contributed by atoms with van der Waals surface area (Å²) >= 11 is 0. The normalized spacial score (nSPS) is 21.5. The molecule has 1 heterocycles. The summed E-state index contributed by atoms with van der Waals surface area (Å²) in [4.78, 5) is 10.4. The minimum absolute atomic E-state index is 0.220. The van der Waals surface area contributed by atoms with Crippen LogP contribution in [0.15, 0.2) is 0 Å². The highest BCUT2D eigenvalue weighted by molar-refractivity contribution is 5.73. The Balaban J connectivity index is 1.85. The highest BCUT2D eigenvalue weighted by Gasteiger charge is 2.12. The molecule has 1 amide bonds. The molecule has 1 rings (SSSR count). The molecular weight excluding hydrogens is 196 g/mol. The van der Waals surface area contributed by atoms with Gasteiger partial charge in [-0.15, -0.1) is 0 Å². The lowest BCUT2D eigenvalue weighted by atomic mass is 10.2. The summed E-state index contributed by atoms with van der Waals surface area (Å²) in [5.41, 5.74) is 5.03. The number of rotatable bonds is 7. The number of carbonyl (C=O) groups is 1. The van der Waals surface area contributed by atoms with E-state index < -0.39 is 0 Å². The molecule has 1 aliphatic heterocycles. The Labute approximate surface area is 90.3 Å². The maximum Gasteiger partial charge on any atom is 0.217 e. The Morgan fingerprint density at radius 3 is 3.00 bits per heavy atom. The third-order valence-electron chi connectivity index (χ3n) is 2.37. The van der Waals surface area contributed by atoms with Gasteiger partial charge in [-0.1, -0.05) is 0 Å². The van der Waals surface area contributed by atoms with Gasteiger partial charge in [-0.05, 0) is 25.8 Å². The van der Waals surface area contributed by atoms with Gasteiger partial charge in [-0.25, -0.2) is 0 Å². The monoisotopic (exact) mass is 216 g/mol. The van der Waals surface area contributed by atoms with E-state index in [0.717, 1.165) is 39.0 Å². The second kappa shape index (κ2) is 7.62. The smallest absolute Gasteiger partial charge is 0.217 e. The molecule has 5 heteroatoms. The maximum atomic E-state index is 10.4. The molecular formula is C10H20N2O3. The van der Waals surface area contributed by atoms with E-state index in [0.29, 0.717) is 13.2 Å². The van der Waals surface area contributed by atoms with Gasteiger partial charge in [-0.3, -0.25) is 4.79 Å². The van der Waals surface area contributed by atoms with E-state index in [9.17, 15) is 4.79 Å². The number of hydrogen-bond acceptors (Lipinski definition) is 4. The van der Waals surface area contributed by atoms with Crippen molar-refractivity contribution in [3.63, 3.8) is 0 Å². The van der Waals surface area contributed by atoms with Crippen molar-refractivity contribution in [2.45, 2.75) is 31.8 Å². The fourth-order valence-corrected chi connectivity index (χ4v) is 1.47. The zero-order valence-corrected chi connectivity index (χ0v) is 9.04. The number of carbonyl (C=O) groups excluding carboxylic acids is 1. The van der Waals surface area contributed by atoms with Crippen LogP contribution in [0.4, 0.5) is 0 Å². The molecule has 0 aromatic rings. The van der Waals surface area contributed by atoms with Gasteiger partial charge in [0, 0.05) is 13.0 Å². The Morgan fingerprint density at radius 1 is 1.47 bits per heavy atom. The van der Waals surface area contributed by atoms with E-state index in [2.05, 4.69) is 5.32 Å². The molecule has 5 nitrogen and oxygen atoms in total. The molecule has 0 bridgehead atoms. The molecule has 88 valence electrons. The van der Waals surface area contributed by atoms with Crippen LogP contribution >= 0.6 is 0 Å². The highest BCUT2D eigenvalue weighted by atomic mass is 16.7. The highest BCUT2D eigenvalue weighted by Crippen LogP contribution is 2.04. The summed E-state index contributed by atoms with van der Waals surface area (Å²) in [7, 11) is 0. The van der Waals surface area contributed by atoms with Crippen LogP contribution in [0.5, 0.6) is 0 Å². The zero-order chi connectivity index (χ0) is 10.9. The fourth-order valence-electron chi connectivity index (χ4n) is 1.47. The molecule has 1 unspecified atom stereocenters. The second-order valence-corrected chi connectivity index (χ2v) is 3.73. The van der Waals surface area contributed by atoms with Crippen LogP contribution in [0.3, 0.4) is 0 Å². The van der Waals surface area contributed by atoms with Gasteiger partial charge in [0.05, 0.1) is 12.7 Å². The summed E-state index contributed by atoms with van der Waals surface area (Å²) in [5.74, 6) is -0.220. The summed E-state index contributed by atoms with van der Waals surface area (Å²) in [6, 6.07) is 0. The number of unbranched alkanes of at least 4 members (excludes halogenated alkanes) is 1. The summed E-state index contributed by atoms with van der Waals surface area (Å²) in [5, 5.41) is 3.30. The number of nitrogens with one attached hydrogen (secondary N) is 1. The third kappa shape index (κ3) is 6.43. The molecule has 3 N–H and O–H groups in total. The van der Waals surface area contributed by atoms with E-state index >= 15 is 0 Å². The zero-order valence-electron chi connectivity index (χ0n) is 9.04. The lowest BCUT2D eigenvalue weighted by molar-refractivity contribution is -0.137. The molecule has 1 fully saturated rings. The first kappa shape index (κ1) is 12.4. The summed E-state index contributed by atoms with van der Waals surface area (Å²) in [6.45, 7) is 2.97. The van der Waals surface area contributed by atoms with Crippen molar-refractivity contribution < 1.29 is 14.3 Å². The standard InChI is InChI=1S/C10H20N2O3/c11-10(13)3-1-2-5-12-7-9-4-6-14-8-15-9/h9,12H,1-8H2,(H2,11,13). The lowest BCUT2D eigenvalue weighted by Crippen LogP contribution is -2.34. The fraction of sp³-hybridized carbons (Fsp3) is 0.900. The Hall–Kier alpha value is -0.650. The average molecular weight is 216 g/mol. The van der Waals surface area contributed by atoms with E-state index in [-0.39, 0.29) is 12.0 Å². The van der Waals surface area contributed by atoms with Crippen LogP contribution in [0.2, 0.25) is 0 Å². The molecule has 1 aliphatic rings. The van der Waals surface area contributed by atoms with Gasteiger partial charge in [0.1, 0.15) is 6.79 Å². The van der Waals surface area contributed by atoms with Crippen molar-refractivity contribution in [2.75, 3.05) is 26.5 Å². The van der Waals surface area contributed by atoms with Crippen LogP contribution in [-0.2, 0) is 14.3 Å². The van der Waals surface area contributed by atoms with Gasteiger partial charge < -0.3 is 20.5 Å². The van der Waals surface area contributed by atoms with Crippen LogP contribution < -0.4 is 11.1 Å². The van der Waals surface area contributed by atoms with Crippen molar-refractivity contribution in [2.24, 2.45) is 5.73 Å². The number of amides is 1. The summed E-state index contributed by atoms with van der Waals surface area (Å²) < 4.78 is 10.4. The molecule has 0 radical (unpaired) electrons. The van der Waals surface area contributed by atoms with Gasteiger partial charge >= 0.3 is 0 Å². The Bertz CT molecular complexity index is 182. The van der Waals surface area contributed by atoms with Crippen molar-refractivity contribution in [1.29, 1.82) is 0 Å². The summed E-state index contributed by atoms with van der Waals surface area (Å²) in [6.07, 6.45) is 3.54. The number of ether oxygens (including phenoxy) is 2. The number of primary amides is 1. The van der Waals surface area contributed by atoms with Crippen molar-refractivity contribution in [3.8, 4) is 0 Å². The van der Waals surface area contributed by atoms with Crippen molar-refractivity contribution >= 4 is 5.91 Å². The van der Waals surface area contributed by atoms with Crippen molar-refractivity contribution in [1.82, 2.24) is 5.32 Å². The molecule has 0 aliphatic carbocycles. The predicted octanol–water partition coefficient (Wildman–Crippen LogP) is -0.00540. The molecule has 0 aromatic heterocycles. The van der Waals surface area contributed by atoms with E-state index in [1.807, 2.05) is 0 Å². The molecule has 0 saturated carbocycles. The maximum absolute atomic E-state index is 10.4. The Kier molecular flexibility index (Phi) is 6.31. The first-order chi connectivity index (χ1) is 7.29. The molecule has 0 aromatic carbocycles.